The lowest BCUT2D eigenvalue weighted by molar-refractivity contribution is 0.0460. The minimum atomic E-state index is -0.593. The Morgan fingerprint density at radius 1 is 1.23 bits per heavy atom. The molecule has 7 heteroatoms. The Kier molecular flexibility index (Phi) is 4.46. The number of aromatic amines is 1. The molecule has 0 bridgehead atoms. The summed E-state index contributed by atoms with van der Waals surface area (Å²) in [5.74, 6) is -0.709. The first kappa shape index (κ1) is 17.6. The van der Waals surface area contributed by atoms with Gasteiger partial charge in [0, 0.05) is 23.5 Å². The number of pyridine rings is 1. The average Bonchev–Trinajstić information content (AvgIpc) is 2.87. The van der Waals surface area contributed by atoms with E-state index in [-0.39, 0.29) is 23.6 Å². The van der Waals surface area contributed by atoms with Crippen molar-refractivity contribution >= 4 is 17.4 Å². The van der Waals surface area contributed by atoms with E-state index >= 15 is 0 Å². The van der Waals surface area contributed by atoms with Crippen molar-refractivity contribution in [3.8, 4) is 0 Å². The van der Waals surface area contributed by atoms with Gasteiger partial charge < -0.3 is 9.72 Å². The summed E-state index contributed by atoms with van der Waals surface area (Å²) in [5, 5.41) is 0. The van der Waals surface area contributed by atoms with Gasteiger partial charge >= 0.3 is 5.97 Å². The molecule has 0 aromatic carbocycles. The summed E-state index contributed by atoms with van der Waals surface area (Å²) < 4.78 is 6.71. The van der Waals surface area contributed by atoms with Crippen LogP contribution < -0.4 is 5.56 Å². The summed E-state index contributed by atoms with van der Waals surface area (Å²) in [6, 6.07) is 4.94. The van der Waals surface area contributed by atoms with Gasteiger partial charge in [-0.1, -0.05) is 0 Å². The number of aromatic nitrogens is 3. The monoisotopic (exact) mass is 353 g/mol. The number of esters is 1. The van der Waals surface area contributed by atoms with Crippen molar-refractivity contribution in [3.63, 3.8) is 0 Å². The van der Waals surface area contributed by atoms with E-state index in [4.69, 9.17) is 4.74 Å². The Balaban J connectivity index is 1.84. The van der Waals surface area contributed by atoms with Gasteiger partial charge in [0.05, 0.1) is 5.69 Å². The van der Waals surface area contributed by atoms with Gasteiger partial charge in [-0.15, -0.1) is 0 Å². The standard InChI is InChI=1S/C19H19N3O4/c1-10-5-6-22-15(7-10)21-14(8-16(22)24)9-26-19(25)18-11(2)17(13(4)23)12(3)20-18/h5-8,20H,9H2,1-4H3. The summed E-state index contributed by atoms with van der Waals surface area (Å²) in [6.07, 6.45) is 1.66. The van der Waals surface area contributed by atoms with Gasteiger partial charge in [0.25, 0.3) is 5.56 Å². The van der Waals surface area contributed by atoms with Crippen molar-refractivity contribution in [2.45, 2.75) is 34.3 Å². The highest BCUT2D eigenvalue weighted by molar-refractivity contribution is 6.01. The summed E-state index contributed by atoms with van der Waals surface area (Å²) in [5.41, 5.74) is 3.50. The second kappa shape index (κ2) is 6.59. The van der Waals surface area contributed by atoms with Crippen LogP contribution in [0.2, 0.25) is 0 Å². The van der Waals surface area contributed by atoms with Crippen LogP contribution in [-0.2, 0) is 11.3 Å². The molecule has 1 N–H and O–H groups in total. The summed E-state index contributed by atoms with van der Waals surface area (Å²) in [4.78, 5) is 43.4. The van der Waals surface area contributed by atoms with Crippen molar-refractivity contribution in [1.82, 2.24) is 14.4 Å². The number of nitrogens with zero attached hydrogens (tertiary/aromatic N) is 2. The quantitative estimate of drug-likeness (QED) is 0.574. The van der Waals surface area contributed by atoms with Crippen LogP contribution in [0.25, 0.3) is 5.65 Å². The van der Waals surface area contributed by atoms with Crippen LogP contribution in [-0.4, -0.2) is 26.1 Å². The molecule has 0 radical (unpaired) electrons. The number of ether oxygens (including phenoxy) is 1. The van der Waals surface area contributed by atoms with Crippen molar-refractivity contribution in [3.05, 3.63) is 68.5 Å². The number of fused-ring (bicyclic) bond motifs is 1. The molecule has 0 saturated heterocycles. The molecular weight excluding hydrogens is 334 g/mol. The lowest BCUT2D eigenvalue weighted by Crippen LogP contribution is -2.17. The molecule has 3 heterocycles. The normalized spacial score (nSPS) is 10.9. The molecule has 3 aromatic rings. The second-order valence-electron chi connectivity index (χ2n) is 6.28. The Morgan fingerprint density at radius 2 is 1.96 bits per heavy atom. The number of Topliss-reactive ketones (excluding diaryl/α,β-unsaturated/α-hetero) is 1. The third kappa shape index (κ3) is 3.15. The number of nitrogens with one attached hydrogen (secondary N) is 1. The largest absolute Gasteiger partial charge is 0.454 e. The number of ketones is 1. The van der Waals surface area contributed by atoms with Gasteiger partial charge in [-0.3, -0.25) is 14.0 Å². The van der Waals surface area contributed by atoms with Crippen LogP contribution >= 0.6 is 0 Å². The molecule has 0 aliphatic heterocycles. The molecule has 0 atom stereocenters. The fourth-order valence-electron chi connectivity index (χ4n) is 3.02. The van der Waals surface area contributed by atoms with Gasteiger partial charge in [-0.2, -0.15) is 0 Å². The molecule has 3 aromatic heterocycles. The Bertz CT molecular complexity index is 1090. The highest BCUT2D eigenvalue weighted by Crippen LogP contribution is 2.19. The molecule has 0 unspecified atom stereocenters. The number of hydrogen-bond acceptors (Lipinski definition) is 5. The molecule has 0 amide bonds. The highest BCUT2D eigenvalue weighted by Gasteiger charge is 2.21. The fraction of sp³-hybridized carbons (Fsp3) is 0.263. The Labute approximate surface area is 149 Å². The minimum absolute atomic E-state index is 0.116. The van der Waals surface area contributed by atoms with Crippen molar-refractivity contribution < 1.29 is 14.3 Å². The van der Waals surface area contributed by atoms with E-state index in [1.165, 1.54) is 17.4 Å². The fourth-order valence-corrected chi connectivity index (χ4v) is 3.02. The second-order valence-corrected chi connectivity index (χ2v) is 6.28. The summed E-state index contributed by atoms with van der Waals surface area (Å²) >= 11 is 0. The van der Waals surface area contributed by atoms with E-state index in [0.717, 1.165) is 5.56 Å². The maximum Gasteiger partial charge on any atom is 0.355 e. The molecule has 7 nitrogen and oxygen atoms in total. The van der Waals surface area contributed by atoms with E-state index < -0.39 is 5.97 Å². The number of hydrogen-bond donors (Lipinski definition) is 1. The predicted octanol–water partition coefficient (Wildman–Crippen LogP) is 2.51. The van der Waals surface area contributed by atoms with Gasteiger partial charge in [0.1, 0.15) is 17.9 Å². The first-order valence-corrected chi connectivity index (χ1v) is 8.14. The van der Waals surface area contributed by atoms with E-state index in [0.29, 0.717) is 28.2 Å². The van der Waals surface area contributed by atoms with Crippen LogP contribution in [0.15, 0.2) is 29.2 Å². The van der Waals surface area contributed by atoms with E-state index in [9.17, 15) is 14.4 Å². The SMILES string of the molecule is CC(=O)c1c(C)[nH]c(C(=O)OCc2cc(=O)n3ccc(C)cc3n2)c1C. The smallest absolute Gasteiger partial charge is 0.355 e. The first-order valence-electron chi connectivity index (χ1n) is 8.14. The number of aryl methyl sites for hydroxylation is 2. The molecule has 0 saturated carbocycles. The molecular formula is C19H19N3O4. The molecule has 0 aliphatic carbocycles. The molecule has 26 heavy (non-hydrogen) atoms. The summed E-state index contributed by atoms with van der Waals surface area (Å²) in [6.45, 7) is 6.65. The van der Waals surface area contributed by atoms with Crippen LogP contribution in [0, 0.1) is 20.8 Å². The molecule has 3 rings (SSSR count). The van der Waals surface area contributed by atoms with Crippen LogP contribution in [0.5, 0.6) is 0 Å². The molecule has 0 fully saturated rings. The lowest BCUT2D eigenvalue weighted by atomic mass is 10.1. The highest BCUT2D eigenvalue weighted by atomic mass is 16.5. The van der Waals surface area contributed by atoms with Gasteiger partial charge in [0.2, 0.25) is 0 Å². The summed E-state index contributed by atoms with van der Waals surface area (Å²) in [7, 11) is 0. The zero-order valence-electron chi connectivity index (χ0n) is 15.0. The predicted molar refractivity (Wildman–Crippen MR) is 95.6 cm³/mol. The lowest BCUT2D eigenvalue weighted by Gasteiger charge is -2.06. The van der Waals surface area contributed by atoms with Crippen LogP contribution in [0.4, 0.5) is 0 Å². The molecule has 0 aliphatic rings. The average molecular weight is 353 g/mol. The Hall–Kier alpha value is -3.22. The van der Waals surface area contributed by atoms with Crippen LogP contribution in [0.1, 0.15) is 50.3 Å². The minimum Gasteiger partial charge on any atom is -0.454 e. The maximum absolute atomic E-state index is 12.4. The van der Waals surface area contributed by atoms with E-state index in [1.807, 2.05) is 13.0 Å². The van der Waals surface area contributed by atoms with Crippen molar-refractivity contribution in [2.75, 3.05) is 0 Å². The number of H-pyrrole nitrogens is 1. The zero-order valence-corrected chi connectivity index (χ0v) is 15.0. The third-order valence-corrected chi connectivity index (χ3v) is 4.22. The maximum atomic E-state index is 12.4. The van der Waals surface area contributed by atoms with E-state index in [2.05, 4.69) is 9.97 Å². The number of carbonyl (C=O) groups is 2. The van der Waals surface area contributed by atoms with Crippen molar-refractivity contribution in [1.29, 1.82) is 0 Å². The molecule has 0 spiro atoms. The van der Waals surface area contributed by atoms with E-state index in [1.54, 1.807) is 26.1 Å². The van der Waals surface area contributed by atoms with Gasteiger partial charge in [-0.05, 0) is 51.0 Å². The third-order valence-electron chi connectivity index (χ3n) is 4.22. The number of carbonyl (C=O) groups excluding carboxylic acids is 2. The number of rotatable bonds is 4. The molecule has 134 valence electrons. The van der Waals surface area contributed by atoms with Crippen LogP contribution in [0.3, 0.4) is 0 Å². The van der Waals surface area contributed by atoms with Gasteiger partial charge in [-0.25, -0.2) is 9.78 Å². The zero-order chi connectivity index (χ0) is 19.0. The van der Waals surface area contributed by atoms with Crippen molar-refractivity contribution in [2.24, 2.45) is 0 Å². The Morgan fingerprint density at radius 3 is 2.62 bits per heavy atom. The van der Waals surface area contributed by atoms with Gasteiger partial charge in [0.15, 0.2) is 5.78 Å². The first-order chi connectivity index (χ1) is 12.3. The topological polar surface area (TPSA) is 93.5 Å².